The lowest BCUT2D eigenvalue weighted by Gasteiger charge is -2.11. The van der Waals surface area contributed by atoms with Crippen LogP contribution in [-0.4, -0.2) is 0 Å². The molecular weight excluding hydrogens is 350 g/mol. The molecule has 0 aliphatic carbocycles. The summed E-state index contributed by atoms with van der Waals surface area (Å²) in [5.74, 6) is -0.894. The molecule has 0 aromatic heterocycles. The van der Waals surface area contributed by atoms with E-state index in [1.807, 2.05) is 12.1 Å². The third kappa shape index (κ3) is 2.85. The summed E-state index contributed by atoms with van der Waals surface area (Å²) < 4.78 is 28.9. The SMILES string of the molecule is CCCc1ccc2c(ccc3c(F)c(-c4ccc(Cl)c(F)c4)ccc32)c1. The summed E-state index contributed by atoms with van der Waals surface area (Å²) in [5, 5.41) is 3.56. The maximum atomic E-state index is 15.2. The van der Waals surface area contributed by atoms with Crippen molar-refractivity contribution < 1.29 is 8.78 Å². The first-order chi connectivity index (χ1) is 12.6. The largest absolute Gasteiger partial charge is 0.206 e. The van der Waals surface area contributed by atoms with Crippen molar-refractivity contribution in [2.24, 2.45) is 0 Å². The van der Waals surface area contributed by atoms with Crippen LogP contribution in [-0.2, 0) is 6.42 Å². The monoisotopic (exact) mass is 366 g/mol. The second-order valence-corrected chi connectivity index (χ2v) is 6.93. The van der Waals surface area contributed by atoms with E-state index in [2.05, 4.69) is 25.1 Å². The van der Waals surface area contributed by atoms with Gasteiger partial charge in [0, 0.05) is 10.9 Å². The van der Waals surface area contributed by atoms with Gasteiger partial charge in [0.25, 0.3) is 0 Å². The van der Waals surface area contributed by atoms with Gasteiger partial charge in [0.1, 0.15) is 11.6 Å². The molecule has 0 unspecified atom stereocenters. The van der Waals surface area contributed by atoms with Crippen LogP contribution in [0.1, 0.15) is 18.9 Å². The second-order valence-electron chi connectivity index (χ2n) is 6.52. The number of hydrogen-bond acceptors (Lipinski definition) is 0. The molecule has 0 saturated carbocycles. The standard InChI is InChI=1S/C23H17ClF2/c1-2-3-14-4-7-17-15(12-14)5-8-20-19(17)10-9-18(23(20)26)16-6-11-21(24)22(25)13-16/h4-13H,2-3H2,1H3. The summed E-state index contributed by atoms with van der Waals surface area (Å²) in [6.07, 6.45) is 2.12. The quantitative estimate of drug-likeness (QED) is 0.328. The number of aryl methyl sites for hydroxylation is 1. The maximum absolute atomic E-state index is 15.2. The minimum absolute atomic E-state index is 0.0313. The lowest BCUT2D eigenvalue weighted by molar-refractivity contribution is 0.627. The number of hydrogen-bond donors (Lipinski definition) is 0. The zero-order valence-electron chi connectivity index (χ0n) is 14.3. The zero-order chi connectivity index (χ0) is 18.3. The van der Waals surface area contributed by atoms with E-state index >= 15 is 4.39 Å². The normalized spacial score (nSPS) is 11.4. The van der Waals surface area contributed by atoms with Crippen molar-refractivity contribution >= 4 is 33.1 Å². The summed E-state index contributed by atoms with van der Waals surface area (Å²) in [6.45, 7) is 2.15. The average Bonchev–Trinajstić information content (AvgIpc) is 2.64. The van der Waals surface area contributed by atoms with Crippen LogP contribution < -0.4 is 0 Å². The zero-order valence-corrected chi connectivity index (χ0v) is 15.1. The van der Waals surface area contributed by atoms with E-state index in [9.17, 15) is 4.39 Å². The van der Waals surface area contributed by atoms with Gasteiger partial charge in [0.05, 0.1) is 5.02 Å². The second kappa shape index (κ2) is 6.69. The van der Waals surface area contributed by atoms with Crippen molar-refractivity contribution in [3.05, 3.63) is 82.9 Å². The molecule has 3 heteroatoms. The highest BCUT2D eigenvalue weighted by Crippen LogP contribution is 2.34. The lowest BCUT2D eigenvalue weighted by Crippen LogP contribution is -1.90. The summed E-state index contributed by atoms with van der Waals surface area (Å²) >= 11 is 5.73. The van der Waals surface area contributed by atoms with E-state index in [0.29, 0.717) is 16.5 Å². The van der Waals surface area contributed by atoms with Crippen molar-refractivity contribution in [2.75, 3.05) is 0 Å². The Hall–Kier alpha value is -2.45. The first kappa shape index (κ1) is 17.0. The Labute approximate surface area is 156 Å². The fraction of sp³-hybridized carbons (Fsp3) is 0.130. The van der Waals surface area contributed by atoms with E-state index in [4.69, 9.17) is 11.6 Å². The molecule has 0 N–H and O–H groups in total. The van der Waals surface area contributed by atoms with E-state index in [1.165, 1.54) is 17.7 Å². The molecule has 0 radical (unpaired) electrons. The molecule has 4 rings (SSSR count). The molecule has 0 aliphatic heterocycles. The lowest BCUT2D eigenvalue weighted by atomic mass is 9.95. The van der Waals surface area contributed by atoms with Gasteiger partial charge in [-0.25, -0.2) is 8.78 Å². The van der Waals surface area contributed by atoms with Gasteiger partial charge in [0.2, 0.25) is 0 Å². The molecule has 0 bridgehead atoms. The summed E-state index contributed by atoms with van der Waals surface area (Å²) in [5.41, 5.74) is 2.13. The van der Waals surface area contributed by atoms with Crippen LogP contribution >= 0.6 is 11.6 Å². The van der Waals surface area contributed by atoms with Crippen LogP contribution in [0.2, 0.25) is 5.02 Å². The van der Waals surface area contributed by atoms with Crippen LogP contribution in [0.5, 0.6) is 0 Å². The molecule has 0 amide bonds. The Kier molecular flexibility index (Phi) is 4.37. The topological polar surface area (TPSA) is 0 Å². The van der Waals surface area contributed by atoms with Gasteiger partial charge in [-0.05, 0) is 45.8 Å². The van der Waals surface area contributed by atoms with Crippen LogP contribution in [0.4, 0.5) is 8.78 Å². The van der Waals surface area contributed by atoms with Crippen LogP contribution in [0, 0.1) is 11.6 Å². The van der Waals surface area contributed by atoms with Gasteiger partial charge in [-0.15, -0.1) is 0 Å². The van der Waals surface area contributed by atoms with E-state index in [-0.39, 0.29) is 10.8 Å². The van der Waals surface area contributed by atoms with Gasteiger partial charge in [0.15, 0.2) is 0 Å². The molecule has 4 aromatic carbocycles. The van der Waals surface area contributed by atoms with Crippen LogP contribution in [0.25, 0.3) is 32.7 Å². The highest BCUT2D eigenvalue weighted by molar-refractivity contribution is 6.30. The Bertz CT molecular complexity index is 1130. The van der Waals surface area contributed by atoms with Gasteiger partial charge in [-0.3, -0.25) is 0 Å². The molecule has 0 nitrogen and oxygen atoms in total. The number of benzene rings is 4. The Morgan fingerprint density at radius 3 is 2.35 bits per heavy atom. The average molecular weight is 367 g/mol. The molecule has 0 fully saturated rings. The number of halogens is 3. The first-order valence-corrected chi connectivity index (χ1v) is 9.05. The van der Waals surface area contributed by atoms with Crippen molar-refractivity contribution in [2.45, 2.75) is 19.8 Å². The molecule has 26 heavy (non-hydrogen) atoms. The van der Waals surface area contributed by atoms with Crippen molar-refractivity contribution in [3.8, 4) is 11.1 Å². The minimum atomic E-state index is -0.550. The first-order valence-electron chi connectivity index (χ1n) is 8.68. The van der Waals surface area contributed by atoms with Gasteiger partial charge < -0.3 is 0 Å². The molecule has 4 aromatic rings. The van der Waals surface area contributed by atoms with E-state index in [1.54, 1.807) is 18.2 Å². The van der Waals surface area contributed by atoms with Crippen molar-refractivity contribution in [3.63, 3.8) is 0 Å². The Balaban J connectivity index is 1.91. The molecule has 0 saturated heterocycles. The predicted molar refractivity (Wildman–Crippen MR) is 106 cm³/mol. The summed E-state index contributed by atoms with van der Waals surface area (Å²) in [6, 6.07) is 18.0. The highest BCUT2D eigenvalue weighted by Gasteiger charge is 2.13. The van der Waals surface area contributed by atoms with Gasteiger partial charge in [-0.1, -0.05) is 73.5 Å². The van der Waals surface area contributed by atoms with Gasteiger partial charge >= 0.3 is 0 Å². The molecule has 130 valence electrons. The Morgan fingerprint density at radius 1 is 0.808 bits per heavy atom. The van der Waals surface area contributed by atoms with E-state index < -0.39 is 5.82 Å². The molecule has 0 spiro atoms. The molecule has 0 atom stereocenters. The maximum Gasteiger partial charge on any atom is 0.142 e. The Morgan fingerprint density at radius 2 is 1.58 bits per heavy atom. The third-order valence-corrected chi connectivity index (χ3v) is 5.09. The third-order valence-electron chi connectivity index (χ3n) is 4.78. The predicted octanol–water partition coefficient (Wildman–Crippen LogP) is 7.54. The molecular formula is C23H17ClF2. The van der Waals surface area contributed by atoms with Crippen molar-refractivity contribution in [1.82, 2.24) is 0 Å². The fourth-order valence-corrected chi connectivity index (χ4v) is 3.61. The molecule has 0 heterocycles. The van der Waals surface area contributed by atoms with Gasteiger partial charge in [-0.2, -0.15) is 0 Å². The fourth-order valence-electron chi connectivity index (χ4n) is 3.49. The highest BCUT2D eigenvalue weighted by atomic mass is 35.5. The van der Waals surface area contributed by atoms with E-state index in [0.717, 1.165) is 29.0 Å². The van der Waals surface area contributed by atoms with Crippen molar-refractivity contribution in [1.29, 1.82) is 0 Å². The minimum Gasteiger partial charge on any atom is -0.206 e. The summed E-state index contributed by atoms with van der Waals surface area (Å²) in [7, 11) is 0. The smallest absolute Gasteiger partial charge is 0.142 e. The van der Waals surface area contributed by atoms with Crippen LogP contribution in [0.15, 0.2) is 60.7 Å². The van der Waals surface area contributed by atoms with Crippen LogP contribution in [0.3, 0.4) is 0 Å². The summed E-state index contributed by atoms with van der Waals surface area (Å²) in [4.78, 5) is 0. The number of rotatable bonds is 3. The number of fused-ring (bicyclic) bond motifs is 3. The molecule has 0 aliphatic rings.